The molecule has 2 atom stereocenters. The summed E-state index contributed by atoms with van der Waals surface area (Å²) in [5.41, 5.74) is -0.353. The highest BCUT2D eigenvalue weighted by atomic mass is 19.1. The van der Waals surface area contributed by atoms with Gasteiger partial charge in [0.05, 0.1) is 4.92 Å². The molecule has 0 aromatic heterocycles. The van der Waals surface area contributed by atoms with Crippen LogP contribution >= 0.6 is 0 Å². The molecule has 0 N–H and O–H groups in total. The maximum Gasteiger partial charge on any atom is 0.311 e. The summed E-state index contributed by atoms with van der Waals surface area (Å²) in [4.78, 5) is 24.3. The maximum absolute atomic E-state index is 13.2. The number of rotatable bonds is 4. The summed E-state index contributed by atoms with van der Waals surface area (Å²) in [5.74, 6) is -1.11. The molecule has 0 bridgehead atoms. The van der Waals surface area contributed by atoms with Gasteiger partial charge in [-0.05, 0) is 39.2 Å². The highest BCUT2D eigenvalue weighted by Crippen LogP contribution is 2.28. The van der Waals surface area contributed by atoms with Crippen molar-refractivity contribution in [1.29, 1.82) is 0 Å². The van der Waals surface area contributed by atoms with Crippen molar-refractivity contribution in [2.45, 2.75) is 45.2 Å². The molecule has 0 spiro atoms. The molecule has 1 fully saturated rings. The lowest BCUT2D eigenvalue weighted by molar-refractivity contribution is -0.385. The van der Waals surface area contributed by atoms with Crippen molar-refractivity contribution in [2.75, 3.05) is 6.61 Å². The van der Waals surface area contributed by atoms with Gasteiger partial charge in [0.1, 0.15) is 5.82 Å². The quantitative estimate of drug-likeness (QED) is 0.633. The van der Waals surface area contributed by atoms with Crippen molar-refractivity contribution in [2.24, 2.45) is 0 Å². The highest BCUT2D eigenvalue weighted by molar-refractivity contribution is 5.78. The number of ether oxygens (including phenoxy) is 1. The third-order valence-electron chi connectivity index (χ3n) is 3.95. The summed E-state index contributed by atoms with van der Waals surface area (Å²) in [6.45, 7) is 3.61. The van der Waals surface area contributed by atoms with E-state index in [-0.39, 0.29) is 36.0 Å². The molecule has 1 saturated heterocycles. The van der Waals surface area contributed by atoms with Gasteiger partial charge in [0, 0.05) is 24.2 Å². The van der Waals surface area contributed by atoms with Crippen LogP contribution in [0.2, 0.25) is 0 Å². The maximum atomic E-state index is 13.2. The number of carbonyl (C=O) groups is 1. The first-order valence-electron chi connectivity index (χ1n) is 7.28. The minimum Gasteiger partial charge on any atom is -0.477 e. The van der Waals surface area contributed by atoms with Crippen LogP contribution in [-0.4, -0.2) is 34.4 Å². The number of halogens is 1. The number of hydrogen-bond acceptors (Lipinski definition) is 4. The van der Waals surface area contributed by atoms with E-state index in [4.69, 9.17) is 4.74 Å². The van der Waals surface area contributed by atoms with Crippen LogP contribution < -0.4 is 4.74 Å². The Morgan fingerprint density at radius 3 is 2.64 bits per heavy atom. The Morgan fingerprint density at radius 1 is 1.41 bits per heavy atom. The number of likely N-dealkylation sites (tertiary alicyclic amines) is 1. The van der Waals surface area contributed by atoms with Gasteiger partial charge >= 0.3 is 5.69 Å². The molecule has 1 heterocycles. The fraction of sp³-hybridized carbons (Fsp3) is 0.533. The molecule has 1 aliphatic heterocycles. The van der Waals surface area contributed by atoms with Crippen LogP contribution in [0.4, 0.5) is 10.1 Å². The van der Waals surface area contributed by atoms with Crippen LogP contribution in [0.1, 0.15) is 33.1 Å². The lowest BCUT2D eigenvalue weighted by Crippen LogP contribution is -2.49. The van der Waals surface area contributed by atoms with Crippen LogP contribution in [0.3, 0.4) is 0 Å². The number of hydrogen-bond donors (Lipinski definition) is 0. The molecule has 2 rings (SSSR count). The Hall–Kier alpha value is -2.18. The second kappa shape index (κ2) is 6.72. The van der Waals surface area contributed by atoms with Gasteiger partial charge in [-0.25, -0.2) is 4.39 Å². The van der Waals surface area contributed by atoms with Crippen LogP contribution in [0, 0.1) is 15.9 Å². The molecule has 6 nitrogen and oxygen atoms in total. The van der Waals surface area contributed by atoms with Crippen LogP contribution in [0.15, 0.2) is 18.2 Å². The number of benzene rings is 1. The van der Waals surface area contributed by atoms with E-state index in [9.17, 15) is 19.3 Å². The molecule has 7 heteroatoms. The largest absolute Gasteiger partial charge is 0.477 e. The molecule has 1 aliphatic rings. The minimum atomic E-state index is -0.661. The Bertz CT molecular complexity index is 569. The van der Waals surface area contributed by atoms with Crippen LogP contribution in [0.25, 0.3) is 0 Å². The van der Waals surface area contributed by atoms with Crippen molar-refractivity contribution in [3.8, 4) is 5.75 Å². The van der Waals surface area contributed by atoms with Crippen LogP contribution in [0.5, 0.6) is 5.75 Å². The fourth-order valence-electron chi connectivity index (χ4n) is 2.88. The van der Waals surface area contributed by atoms with Gasteiger partial charge in [0.25, 0.3) is 5.91 Å². The summed E-state index contributed by atoms with van der Waals surface area (Å²) in [5, 5.41) is 10.9. The SMILES string of the molecule is CC1CCCC(C)N1C(=O)COc1cc(F)ccc1[N+](=O)[O-]. The lowest BCUT2D eigenvalue weighted by Gasteiger charge is -2.38. The van der Waals surface area contributed by atoms with E-state index in [0.717, 1.165) is 37.5 Å². The summed E-state index contributed by atoms with van der Waals surface area (Å²) in [7, 11) is 0. The molecule has 2 unspecified atom stereocenters. The average molecular weight is 310 g/mol. The predicted molar refractivity (Wildman–Crippen MR) is 78.2 cm³/mol. The zero-order valence-corrected chi connectivity index (χ0v) is 12.6. The Labute approximate surface area is 128 Å². The number of nitro groups is 1. The number of amides is 1. The zero-order valence-electron chi connectivity index (χ0n) is 12.6. The normalized spacial score (nSPS) is 21.5. The van der Waals surface area contributed by atoms with E-state index >= 15 is 0 Å². The van der Waals surface area contributed by atoms with E-state index in [1.807, 2.05) is 13.8 Å². The Balaban J connectivity index is 2.08. The van der Waals surface area contributed by atoms with E-state index in [1.54, 1.807) is 4.90 Å². The van der Waals surface area contributed by atoms with Crippen molar-refractivity contribution in [3.05, 3.63) is 34.1 Å². The monoisotopic (exact) mass is 310 g/mol. The third kappa shape index (κ3) is 3.52. The van der Waals surface area contributed by atoms with Gasteiger partial charge in [-0.1, -0.05) is 0 Å². The van der Waals surface area contributed by atoms with Gasteiger partial charge in [0.2, 0.25) is 5.75 Å². The number of nitrogens with zero attached hydrogens (tertiary/aromatic N) is 2. The Kier molecular flexibility index (Phi) is 4.95. The minimum absolute atomic E-state index is 0.113. The van der Waals surface area contributed by atoms with E-state index < -0.39 is 10.7 Å². The predicted octanol–water partition coefficient (Wildman–Crippen LogP) is 2.90. The number of carbonyl (C=O) groups excluding carboxylic acids is 1. The second-order valence-electron chi connectivity index (χ2n) is 5.59. The fourth-order valence-corrected chi connectivity index (χ4v) is 2.88. The topological polar surface area (TPSA) is 72.7 Å². The summed E-state index contributed by atoms with van der Waals surface area (Å²) in [6.07, 6.45) is 2.93. The number of nitro benzene ring substituents is 1. The molecule has 120 valence electrons. The van der Waals surface area contributed by atoms with Gasteiger partial charge in [-0.15, -0.1) is 0 Å². The van der Waals surface area contributed by atoms with Gasteiger partial charge in [0.15, 0.2) is 6.61 Å². The van der Waals surface area contributed by atoms with Gasteiger partial charge in [-0.3, -0.25) is 14.9 Å². The van der Waals surface area contributed by atoms with Gasteiger partial charge < -0.3 is 9.64 Å². The smallest absolute Gasteiger partial charge is 0.311 e. The van der Waals surface area contributed by atoms with Crippen molar-refractivity contribution in [1.82, 2.24) is 4.90 Å². The molecular formula is C15H19FN2O4. The molecule has 0 radical (unpaired) electrons. The highest BCUT2D eigenvalue weighted by Gasteiger charge is 2.29. The van der Waals surface area contributed by atoms with E-state index in [0.29, 0.717) is 0 Å². The Morgan fingerprint density at radius 2 is 2.05 bits per heavy atom. The molecule has 1 amide bonds. The van der Waals surface area contributed by atoms with E-state index in [1.165, 1.54) is 0 Å². The molecular weight excluding hydrogens is 291 g/mol. The lowest BCUT2D eigenvalue weighted by atomic mass is 9.97. The molecule has 0 saturated carbocycles. The third-order valence-corrected chi connectivity index (χ3v) is 3.95. The second-order valence-corrected chi connectivity index (χ2v) is 5.59. The van der Waals surface area contributed by atoms with Crippen molar-refractivity contribution in [3.63, 3.8) is 0 Å². The first-order chi connectivity index (χ1) is 10.4. The van der Waals surface area contributed by atoms with E-state index in [2.05, 4.69) is 0 Å². The summed E-state index contributed by atoms with van der Waals surface area (Å²) >= 11 is 0. The molecule has 1 aromatic carbocycles. The first-order valence-corrected chi connectivity index (χ1v) is 7.28. The standard InChI is InChI=1S/C15H19FN2O4/c1-10-4-3-5-11(2)17(10)15(19)9-22-14-8-12(16)6-7-13(14)18(20)21/h6-8,10-11H,3-5,9H2,1-2H3. The molecule has 22 heavy (non-hydrogen) atoms. The molecule has 1 aromatic rings. The first kappa shape index (κ1) is 16.2. The summed E-state index contributed by atoms with van der Waals surface area (Å²) < 4.78 is 18.4. The van der Waals surface area contributed by atoms with Crippen LogP contribution in [-0.2, 0) is 4.79 Å². The van der Waals surface area contributed by atoms with Crippen molar-refractivity contribution < 1.29 is 18.8 Å². The van der Waals surface area contributed by atoms with Gasteiger partial charge in [-0.2, -0.15) is 0 Å². The summed E-state index contributed by atoms with van der Waals surface area (Å²) in [6, 6.07) is 3.17. The number of piperidine rings is 1. The average Bonchev–Trinajstić information content (AvgIpc) is 2.44. The zero-order chi connectivity index (χ0) is 16.3. The molecule has 0 aliphatic carbocycles. The van der Waals surface area contributed by atoms with Crippen molar-refractivity contribution >= 4 is 11.6 Å².